The van der Waals surface area contributed by atoms with Crippen LogP contribution in [0.2, 0.25) is 0 Å². The van der Waals surface area contributed by atoms with Gasteiger partial charge in [0.15, 0.2) is 5.82 Å². The van der Waals surface area contributed by atoms with Crippen molar-refractivity contribution >= 4 is 15.9 Å². The van der Waals surface area contributed by atoms with Gasteiger partial charge in [-0.3, -0.25) is 0 Å². The van der Waals surface area contributed by atoms with E-state index < -0.39 is 0 Å². The van der Waals surface area contributed by atoms with Crippen molar-refractivity contribution in [2.75, 3.05) is 6.54 Å². The summed E-state index contributed by atoms with van der Waals surface area (Å²) in [4.78, 5) is 4.61. The summed E-state index contributed by atoms with van der Waals surface area (Å²) in [6.07, 6.45) is 2.87. The van der Waals surface area contributed by atoms with Crippen molar-refractivity contribution in [1.29, 1.82) is 0 Å². The summed E-state index contributed by atoms with van der Waals surface area (Å²) in [6.45, 7) is 8.25. The van der Waals surface area contributed by atoms with E-state index in [0.717, 1.165) is 54.2 Å². The number of hydrogen-bond donors (Lipinski definition) is 1. The molecule has 0 aliphatic carbocycles. The van der Waals surface area contributed by atoms with Gasteiger partial charge in [-0.2, -0.15) is 5.10 Å². The second-order valence-electron chi connectivity index (χ2n) is 5.01. The third kappa shape index (κ3) is 3.92. The number of aryl methyl sites for hydroxylation is 2. The molecule has 0 amide bonds. The monoisotopic (exact) mass is 350 g/mol. The molecular formula is C16H23BrN4. The third-order valence-electron chi connectivity index (χ3n) is 3.37. The second-order valence-corrected chi connectivity index (χ2v) is 5.93. The zero-order valence-corrected chi connectivity index (χ0v) is 14.6. The Balaban J connectivity index is 2.41. The van der Waals surface area contributed by atoms with Crippen LogP contribution in [0.15, 0.2) is 22.7 Å². The molecule has 0 radical (unpaired) electrons. The van der Waals surface area contributed by atoms with E-state index in [1.807, 2.05) is 4.68 Å². The third-order valence-corrected chi connectivity index (χ3v) is 3.86. The van der Waals surface area contributed by atoms with Crippen LogP contribution >= 0.6 is 15.9 Å². The highest BCUT2D eigenvalue weighted by Crippen LogP contribution is 2.21. The Hall–Kier alpha value is -1.20. The minimum atomic E-state index is 0.848. The van der Waals surface area contributed by atoms with Crippen molar-refractivity contribution in [3.8, 4) is 5.69 Å². The zero-order chi connectivity index (χ0) is 15.2. The molecule has 0 aliphatic heterocycles. The van der Waals surface area contributed by atoms with Crippen LogP contribution < -0.4 is 5.32 Å². The number of nitrogens with one attached hydrogen (secondary N) is 1. The average molecular weight is 351 g/mol. The molecule has 0 fully saturated rings. The predicted octanol–water partition coefficient (Wildman–Crippen LogP) is 3.65. The van der Waals surface area contributed by atoms with E-state index in [0.29, 0.717) is 0 Å². The molecule has 2 aromatic rings. The second kappa shape index (κ2) is 7.71. The summed E-state index contributed by atoms with van der Waals surface area (Å²) >= 11 is 3.56. The lowest BCUT2D eigenvalue weighted by molar-refractivity contribution is 0.667. The Morgan fingerprint density at radius 2 is 2.00 bits per heavy atom. The summed E-state index contributed by atoms with van der Waals surface area (Å²) in [6, 6.07) is 6.35. The van der Waals surface area contributed by atoms with Crippen molar-refractivity contribution in [3.05, 3.63) is 39.9 Å². The minimum Gasteiger partial charge on any atom is -0.313 e. The summed E-state index contributed by atoms with van der Waals surface area (Å²) < 4.78 is 3.05. The standard InChI is InChI=1S/C16H23BrN4/c1-4-9-18-11-12-7-8-13(17)10-14(12)21-16(6-3)19-15(5-2)20-21/h7-8,10,18H,4-6,9,11H2,1-3H3. The van der Waals surface area contributed by atoms with Crippen molar-refractivity contribution in [2.45, 2.75) is 46.6 Å². The van der Waals surface area contributed by atoms with E-state index in [-0.39, 0.29) is 0 Å². The molecule has 0 bridgehead atoms. The Bertz CT molecular complexity index is 592. The fraction of sp³-hybridized carbons (Fsp3) is 0.500. The average Bonchev–Trinajstić information content (AvgIpc) is 2.92. The van der Waals surface area contributed by atoms with E-state index >= 15 is 0 Å². The zero-order valence-electron chi connectivity index (χ0n) is 13.0. The number of nitrogens with zero attached hydrogens (tertiary/aromatic N) is 3. The van der Waals surface area contributed by atoms with Crippen LogP contribution in [0.25, 0.3) is 5.69 Å². The number of benzene rings is 1. The van der Waals surface area contributed by atoms with E-state index in [4.69, 9.17) is 0 Å². The van der Waals surface area contributed by atoms with Gasteiger partial charge in [0.1, 0.15) is 5.82 Å². The van der Waals surface area contributed by atoms with E-state index in [1.54, 1.807) is 0 Å². The van der Waals surface area contributed by atoms with Crippen LogP contribution in [0.5, 0.6) is 0 Å². The summed E-state index contributed by atoms with van der Waals surface area (Å²) in [5, 5.41) is 8.12. The molecule has 1 aromatic heterocycles. The van der Waals surface area contributed by atoms with Crippen LogP contribution in [0, 0.1) is 0 Å². The number of rotatable bonds is 7. The molecular weight excluding hydrogens is 328 g/mol. The van der Waals surface area contributed by atoms with Gasteiger partial charge in [0, 0.05) is 23.9 Å². The van der Waals surface area contributed by atoms with E-state index in [2.05, 4.69) is 70.3 Å². The van der Waals surface area contributed by atoms with Crippen LogP contribution in [0.1, 0.15) is 44.4 Å². The normalized spacial score (nSPS) is 11.0. The molecule has 0 unspecified atom stereocenters. The van der Waals surface area contributed by atoms with Crippen molar-refractivity contribution in [1.82, 2.24) is 20.1 Å². The Labute approximate surface area is 135 Å². The molecule has 1 aromatic carbocycles. The first-order valence-corrected chi connectivity index (χ1v) is 8.43. The molecule has 0 spiro atoms. The van der Waals surface area contributed by atoms with Crippen LogP contribution in [0.4, 0.5) is 0 Å². The summed E-state index contributed by atoms with van der Waals surface area (Å²) in [7, 11) is 0. The number of hydrogen-bond acceptors (Lipinski definition) is 3. The van der Waals surface area contributed by atoms with Crippen LogP contribution in [0.3, 0.4) is 0 Å². The molecule has 1 N–H and O–H groups in total. The van der Waals surface area contributed by atoms with Gasteiger partial charge < -0.3 is 5.32 Å². The maximum absolute atomic E-state index is 4.66. The fourth-order valence-electron chi connectivity index (χ4n) is 2.25. The maximum Gasteiger partial charge on any atom is 0.151 e. The predicted molar refractivity (Wildman–Crippen MR) is 89.8 cm³/mol. The van der Waals surface area contributed by atoms with Gasteiger partial charge in [0.25, 0.3) is 0 Å². The lowest BCUT2D eigenvalue weighted by Gasteiger charge is -2.12. The van der Waals surface area contributed by atoms with Crippen LogP contribution in [-0.4, -0.2) is 21.3 Å². The molecule has 0 saturated carbocycles. The summed E-state index contributed by atoms with van der Waals surface area (Å²) in [5.41, 5.74) is 2.35. The smallest absolute Gasteiger partial charge is 0.151 e. The lowest BCUT2D eigenvalue weighted by Crippen LogP contribution is -2.16. The highest BCUT2D eigenvalue weighted by molar-refractivity contribution is 9.10. The molecule has 0 atom stereocenters. The van der Waals surface area contributed by atoms with Gasteiger partial charge >= 0.3 is 0 Å². The maximum atomic E-state index is 4.66. The SMILES string of the molecule is CCCNCc1ccc(Br)cc1-n1nc(CC)nc1CC. The number of halogens is 1. The molecule has 0 aliphatic rings. The minimum absolute atomic E-state index is 0.848. The molecule has 0 saturated heterocycles. The van der Waals surface area contributed by atoms with Crippen molar-refractivity contribution in [3.63, 3.8) is 0 Å². The topological polar surface area (TPSA) is 42.7 Å². The quantitative estimate of drug-likeness (QED) is 0.775. The Kier molecular flexibility index (Phi) is 5.94. The number of aromatic nitrogens is 3. The van der Waals surface area contributed by atoms with E-state index in [9.17, 15) is 0 Å². The lowest BCUT2D eigenvalue weighted by atomic mass is 10.1. The summed E-state index contributed by atoms with van der Waals surface area (Å²) in [5.74, 6) is 1.92. The van der Waals surface area contributed by atoms with Crippen molar-refractivity contribution < 1.29 is 0 Å². The first-order chi connectivity index (χ1) is 10.2. The van der Waals surface area contributed by atoms with Gasteiger partial charge in [0.2, 0.25) is 0 Å². The first kappa shape index (κ1) is 16.2. The largest absolute Gasteiger partial charge is 0.313 e. The highest BCUT2D eigenvalue weighted by atomic mass is 79.9. The Morgan fingerprint density at radius 3 is 2.67 bits per heavy atom. The molecule has 5 heteroatoms. The van der Waals surface area contributed by atoms with Gasteiger partial charge in [0.05, 0.1) is 5.69 Å². The van der Waals surface area contributed by atoms with Crippen molar-refractivity contribution in [2.24, 2.45) is 0 Å². The molecule has 1 heterocycles. The molecule has 114 valence electrons. The Morgan fingerprint density at radius 1 is 1.19 bits per heavy atom. The molecule has 4 nitrogen and oxygen atoms in total. The molecule has 21 heavy (non-hydrogen) atoms. The van der Waals surface area contributed by atoms with E-state index in [1.165, 1.54) is 5.56 Å². The first-order valence-electron chi connectivity index (χ1n) is 7.63. The van der Waals surface area contributed by atoms with Gasteiger partial charge in [-0.05, 0) is 30.7 Å². The van der Waals surface area contributed by atoms with Gasteiger partial charge in [-0.15, -0.1) is 0 Å². The fourth-order valence-corrected chi connectivity index (χ4v) is 2.60. The van der Waals surface area contributed by atoms with Crippen LogP contribution in [-0.2, 0) is 19.4 Å². The van der Waals surface area contributed by atoms with Gasteiger partial charge in [-0.25, -0.2) is 9.67 Å². The van der Waals surface area contributed by atoms with Gasteiger partial charge in [-0.1, -0.05) is 42.8 Å². The molecule has 2 rings (SSSR count). The highest BCUT2D eigenvalue weighted by Gasteiger charge is 2.13.